The summed E-state index contributed by atoms with van der Waals surface area (Å²) in [6, 6.07) is 0. The van der Waals surface area contributed by atoms with Crippen molar-refractivity contribution in [3.63, 3.8) is 0 Å². The average Bonchev–Trinajstić information content (AvgIpc) is 2.69. The number of hydrogen-bond acceptors (Lipinski definition) is 4. The zero-order valence-electron chi connectivity index (χ0n) is 12.3. The van der Waals surface area contributed by atoms with Crippen LogP contribution in [-0.2, 0) is 9.31 Å². The first-order chi connectivity index (χ1) is 8.03. The van der Waals surface area contributed by atoms with Gasteiger partial charge in [-0.1, -0.05) is 19.6 Å². The summed E-state index contributed by atoms with van der Waals surface area (Å²) in [4.78, 5) is 4.72. The molecule has 1 aliphatic rings. The molecule has 2 heterocycles. The van der Waals surface area contributed by atoms with Gasteiger partial charge in [-0.05, 0) is 27.7 Å². The number of hydrogen-bond donors (Lipinski definition) is 0. The molecule has 1 aromatic rings. The smallest absolute Gasteiger partial charge is 0.398 e. The molecule has 1 saturated heterocycles. The van der Waals surface area contributed by atoms with Crippen molar-refractivity contribution in [3.8, 4) is 0 Å². The van der Waals surface area contributed by atoms with Crippen molar-refractivity contribution in [2.45, 2.75) is 58.5 Å². The Labute approximate surface area is 115 Å². The first kappa shape index (κ1) is 14.2. The van der Waals surface area contributed by atoms with Crippen LogP contribution in [0.25, 0.3) is 0 Å². The molecule has 0 amide bonds. The topological polar surface area (TPSA) is 31.4 Å². The Kier molecular flexibility index (Phi) is 3.30. The molecule has 0 N–H and O–H groups in total. The monoisotopic (exact) mass is 283 g/mol. The lowest BCUT2D eigenvalue weighted by atomic mass is 9.86. The Balaban J connectivity index is 2.23. The van der Waals surface area contributed by atoms with E-state index >= 15 is 0 Å². The molecule has 0 bridgehead atoms. The zero-order chi connectivity index (χ0) is 13.8. The number of aromatic nitrogens is 1. The molecule has 0 radical (unpaired) electrons. The fourth-order valence-corrected chi connectivity index (χ4v) is 4.31. The van der Waals surface area contributed by atoms with Crippen LogP contribution in [0.15, 0.2) is 5.38 Å². The number of thiazole rings is 1. The van der Waals surface area contributed by atoms with E-state index in [9.17, 15) is 0 Å². The van der Waals surface area contributed by atoms with Gasteiger partial charge in [-0.15, -0.1) is 11.3 Å². The highest BCUT2D eigenvalue weighted by molar-refractivity contribution is 7.25. The minimum Gasteiger partial charge on any atom is -0.398 e. The van der Waals surface area contributed by atoms with E-state index in [2.05, 4.69) is 52.7 Å². The average molecular weight is 283 g/mol. The van der Waals surface area contributed by atoms with E-state index in [1.165, 1.54) is 4.63 Å². The van der Waals surface area contributed by atoms with Gasteiger partial charge < -0.3 is 9.31 Å². The van der Waals surface area contributed by atoms with E-state index < -0.39 is 8.07 Å². The lowest BCUT2D eigenvalue weighted by molar-refractivity contribution is 0.00578. The van der Waals surface area contributed by atoms with Crippen LogP contribution in [0.1, 0.15) is 27.7 Å². The number of nitrogens with zero attached hydrogens (tertiary/aromatic N) is 1. The highest BCUT2D eigenvalue weighted by atomic mass is 32.1. The third-order valence-corrected chi connectivity index (χ3v) is 7.92. The normalized spacial score (nSPS) is 22.5. The Morgan fingerprint density at radius 3 is 2.00 bits per heavy atom. The van der Waals surface area contributed by atoms with Gasteiger partial charge in [-0.2, -0.15) is 0 Å². The molecule has 0 aliphatic carbocycles. The van der Waals surface area contributed by atoms with Crippen LogP contribution >= 0.6 is 11.3 Å². The number of rotatable bonds is 2. The molecule has 3 nitrogen and oxygen atoms in total. The molecule has 6 heteroatoms. The fraction of sp³-hybridized carbons (Fsp3) is 0.750. The summed E-state index contributed by atoms with van der Waals surface area (Å²) in [6.45, 7) is 15.2. The van der Waals surface area contributed by atoms with Gasteiger partial charge in [0.2, 0.25) is 0 Å². The second-order valence-corrected chi connectivity index (χ2v) is 13.1. The largest absolute Gasteiger partial charge is 0.515 e. The van der Waals surface area contributed by atoms with Crippen LogP contribution in [-0.4, -0.2) is 31.4 Å². The van der Waals surface area contributed by atoms with Crippen LogP contribution in [0.3, 0.4) is 0 Å². The van der Waals surface area contributed by atoms with E-state index in [1.807, 2.05) is 0 Å². The molecule has 1 fully saturated rings. The van der Waals surface area contributed by atoms with Gasteiger partial charge in [-0.25, -0.2) is 0 Å². The standard InChI is InChI=1S/C12H22BNO2SSi/c1-11(2)12(3,4)16-13(15-11)9-8-17-10(14-9)18(5,6)7/h8H,1-7H3. The molecule has 1 aromatic heterocycles. The Morgan fingerprint density at radius 2 is 1.61 bits per heavy atom. The lowest BCUT2D eigenvalue weighted by Crippen LogP contribution is -2.42. The second kappa shape index (κ2) is 4.16. The Morgan fingerprint density at radius 1 is 1.11 bits per heavy atom. The van der Waals surface area contributed by atoms with E-state index in [0.29, 0.717) is 0 Å². The van der Waals surface area contributed by atoms with Crippen molar-refractivity contribution >= 4 is 36.8 Å². The van der Waals surface area contributed by atoms with Gasteiger partial charge in [0.05, 0.1) is 21.4 Å². The predicted molar refractivity (Wildman–Crippen MR) is 80.8 cm³/mol. The van der Waals surface area contributed by atoms with Crippen molar-refractivity contribution in [1.29, 1.82) is 0 Å². The Hall–Kier alpha value is -0.168. The quantitative estimate of drug-likeness (QED) is 0.778. The summed E-state index contributed by atoms with van der Waals surface area (Å²) in [5, 5.41) is 2.08. The van der Waals surface area contributed by atoms with Gasteiger partial charge in [0.1, 0.15) is 8.07 Å². The lowest BCUT2D eigenvalue weighted by Gasteiger charge is -2.32. The summed E-state index contributed by atoms with van der Waals surface area (Å²) >= 11 is 1.73. The van der Waals surface area contributed by atoms with Crippen molar-refractivity contribution < 1.29 is 9.31 Å². The van der Waals surface area contributed by atoms with Gasteiger partial charge in [0.15, 0.2) is 0 Å². The van der Waals surface area contributed by atoms with Crippen LogP contribution in [0.5, 0.6) is 0 Å². The molecular formula is C12H22BNO2SSi. The third-order valence-electron chi connectivity index (χ3n) is 3.66. The molecule has 0 unspecified atom stereocenters. The van der Waals surface area contributed by atoms with E-state index in [4.69, 9.17) is 14.3 Å². The summed E-state index contributed by atoms with van der Waals surface area (Å²) in [5.41, 5.74) is 0.345. The van der Waals surface area contributed by atoms with Crippen LogP contribution in [0.4, 0.5) is 0 Å². The van der Waals surface area contributed by atoms with Crippen molar-refractivity contribution in [1.82, 2.24) is 4.98 Å². The maximum atomic E-state index is 6.01. The molecule has 0 spiro atoms. The molecule has 0 atom stereocenters. The van der Waals surface area contributed by atoms with E-state index in [-0.39, 0.29) is 18.3 Å². The van der Waals surface area contributed by atoms with Crippen molar-refractivity contribution in [2.75, 3.05) is 0 Å². The van der Waals surface area contributed by atoms with Gasteiger partial charge in [0.25, 0.3) is 0 Å². The van der Waals surface area contributed by atoms with Gasteiger partial charge in [0, 0.05) is 5.38 Å². The highest BCUT2D eigenvalue weighted by Gasteiger charge is 2.52. The predicted octanol–water partition coefficient (Wildman–Crippen LogP) is 1.99. The van der Waals surface area contributed by atoms with E-state index in [1.54, 1.807) is 11.3 Å². The maximum absolute atomic E-state index is 6.01. The molecule has 1 aliphatic heterocycles. The molecule has 0 aromatic carbocycles. The third kappa shape index (κ3) is 2.43. The molecule has 18 heavy (non-hydrogen) atoms. The second-order valence-electron chi connectivity index (χ2n) is 6.92. The van der Waals surface area contributed by atoms with Crippen LogP contribution in [0, 0.1) is 0 Å². The summed E-state index contributed by atoms with van der Waals surface area (Å²) in [6.07, 6.45) is 0. The van der Waals surface area contributed by atoms with Crippen molar-refractivity contribution in [3.05, 3.63) is 5.38 Å². The van der Waals surface area contributed by atoms with Crippen LogP contribution in [0.2, 0.25) is 19.6 Å². The maximum Gasteiger partial charge on any atom is 0.515 e. The molecule has 2 rings (SSSR count). The molecular weight excluding hydrogens is 261 g/mol. The zero-order valence-corrected chi connectivity index (χ0v) is 14.1. The first-order valence-electron chi connectivity index (χ1n) is 6.34. The SMILES string of the molecule is CC1(C)OB(c2csc([Si](C)(C)C)n2)OC1(C)C. The molecule has 100 valence electrons. The Bertz CT molecular complexity index is 437. The summed E-state index contributed by atoms with van der Waals surface area (Å²) < 4.78 is 13.3. The fourth-order valence-electron chi connectivity index (χ4n) is 1.70. The van der Waals surface area contributed by atoms with Gasteiger partial charge in [-0.3, -0.25) is 4.98 Å². The van der Waals surface area contributed by atoms with Gasteiger partial charge >= 0.3 is 7.12 Å². The van der Waals surface area contributed by atoms with Crippen molar-refractivity contribution in [2.24, 2.45) is 0 Å². The highest BCUT2D eigenvalue weighted by Crippen LogP contribution is 2.36. The minimum atomic E-state index is -1.34. The minimum absolute atomic E-state index is 0.291. The van der Waals surface area contributed by atoms with E-state index in [0.717, 1.165) is 5.59 Å². The summed E-state index contributed by atoms with van der Waals surface area (Å²) in [7, 11) is -1.66. The van der Waals surface area contributed by atoms with Crippen LogP contribution < -0.4 is 10.2 Å². The summed E-state index contributed by atoms with van der Waals surface area (Å²) in [5.74, 6) is 0. The molecule has 0 saturated carbocycles. The first-order valence-corrected chi connectivity index (χ1v) is 10.7.